The molecule has 3 rings (SSSR count). The molecule has 0 fully saturated rings. The molecule has 0 bridgehead atoms. The zero-order valence-electron chi connectivity index (χ0n) is 12.1. The molecule has 6 heteroatoms. The number of amides is 1. The van der Waals surface area contributed by atoms with Crippen LogP contribution in [0.5, 0.6) is 0 Å². The van der Waals surface area contributed by atoms with Gasteiger partial charge in [0, 0.05) is 18.0 Å². The highest BCUT2D eigenvalue weighted by molar-refractivity contribution is 7.14. The molecule has 22 heavy (non-hydrogen) atoms. The molecular formula is C16H14FN3OS. The summed E-state index contributed by atoms with van der Waals surface area (Å²) < 4.78 is 14.6. The zero-order chi connectivity index (χ0) is 15.7. The Bertz CT molecular complexity index is 820. The van der Waals surface area contributed by atoms with Gasteiger partial charge < -0.3 is 5.32 Å². The highest BCUT2D eigenvalue weighted by Gasteiger charge is 2.15. The number of aromatic nitrogens is 2. The van der Waals surface area contributed by atoms with E-state index in [-0.39, 0.29) is 11.7 Å². The second-order valence-electron chi connectivity index (χ2n) is 4.88. The first-order chi connectivity index (χ1) is 10.5. The normalized spacial score (nSPS) is 10.7. The Kier molecular flexibility index (Phi) is 3.77. The van der Waals surface area contributed by atoms with Gasteiger partial charge in [-0.05, 0) is 36.2 Å². The molecule has 0 unspecified atom stereocenters. The van der Waals surface area contributed by atoms with Gasteiger partial charge in [-0.3, -0.25) is 9.48 Å². The first-order valence-electron chi connectivity index (χ1n) is 6.70. The largest absolute Gasteiger partial charge is 0.306 e. The fourth-order valence-corrected chi connectivity index (χ4v) is 3.12. The molecule has 0 spiro atoms. The van der Waals surface area contributed by atoms with Crippen LogP contribution in [0.2, 0.25) is 0 Å². The van der Waals surface area contributed by atoms with Gasteiger partial charge in [0.1, 0.15) is 11.6 Å². The van der Waals surface area contributed by atoms with Gasteiger partial charge in [0.05, 0.1) is 11.1 Å². The minimum absolute atomic E-state index is 0.176. The van der Waals surface area contributed by atoms with E-state index in [1.807, 2.05) is 13.0 Å². The number of hydrogen-bond acceptors (Lipinski definition) is 3. The molecule has 1 amide bonds. The molecule has 3 aromatic rings. The summed E-state index contributed by atoms with van der Waals surface area (Å²) in [6, 6.07) is 9.84. The molecule has 0 aliphatic carbocycles. The van der Waals surface area contributed by atoms with Crippen molar-refractivity contribution in [2.24, 2.45) is 7.05 Å². The predicted molar refractivity (Wildman–Crippen MR) is 85.6 cm³/mol. The molecule has 0 saturated carbocycles. The molecule has 0 saturated heterocycles. The minimum Gasteiger partial charge on any atom is -0.306 e. The topological polar surface area (TPSA) is 46.9 Å². The smallest absolute Gasteiger partial charge is 0.266 e. The first-order valence-corrected chi connectivity index (χ1v) is 7.52. The SMILES string of the molecule is Cc1sc(C(=O)Nc2ccnn2C)cc1-c1ccc(F)cc1. The highest BCUT2D eigenvalue weighted by atomic mass is 32.1. The van der Waals surface area contributed by atoms with E-state index in [1.165, 1.54) is 23.5 Å². The Morgan fingerprint density at radius 1 is 1.27 bits per heavy atom. The van der Waals surface area contributed by atoms with E-state index < -0.39 is 0 Å². The van der Waals surface area contributed by atoms with Crippen LogP contribution in [0, 0.1) is 12.7 Å². The number of aryl methyl sites for hydroxylation is 2. The third kappa shape index (κ3) is 2.78. The van der Waals surface area contributed by atoms with Crippen molar-refractivity contribution >= 4 is 23.1 Å². The van der Waals surface area contributed by atoms with Gasteiger partial charge in [-0.2, -0.15) is 5.10 Å². The lowest BCUT2D eigenvalue weighted by atomic mass is 10.1. The van der Waals surface area contributed by atoms with E-state index in [0.29, 0.717) is 10.7 Å². The quantitative estimate of drug-likeness (QED) is 0.798. The van der Waals surface area contributed by atoms with Crippen LogP contribution in [-0.4, -0.2) is 15.7 Å². The van der Waals surface area contributed by atoms with Crippen molar-refractivity contribution in [2.75, 3.05) is 5.32 Å². The zero-order valence-corrected chi connectivity index (χ0v) is 12.9. The lowest BCUT2D eigenvalue weighted by Crippen LogP contribution is -2.13. The average molecular weight is 315 g/mol. The number of halogens is 1. The van der Waals surface area contributed by atoms with Gasteiger partial charge in [-0.15, -0.1) is 11.3 Å². The van der Waals surface area contributed by atoms with Gasteiger partial charge in [0.2, 0.25) is 0 Å². The van der Waals surface area contributed by atoms with Gasteiger partial charge in [0.25, 0.3) is 5.91 Å². The Balaban J connectivity index is 1.87. The third-order valence-electron chi connectivity index (χ3n) is 3.36. The maximum atomic E-state index is 13.0. The van der Waals surface area contributed by atoms with Crippen molar-refractivity contribution in [3.8, 4) is 11.1 Å². The van der Waals surface area contributed by atoms with Crippen molar-refractivity contribution in [2.45, 2.75) is 6.92 Å². The Morgan fingerprint density at radius 3 is 2.64 bits per heavy atom. The lowest BCUT2D eigenvalue weighted by Gasteiger charge is -2.02. The average Bonchev–Trinajstić information content (AvgIpc) is 3.07. The van der Waals surface area contributed by atoms with E-state index in [0.717, 1.165) is 16.0 Å². The van der Waals surface area contributed by atoms with Crippen LogP contribution in [-0.2, 0) is 7.05 Å². The molecule has 4 nitrogen and oxygen atoms in total. The van der Waals surface area contributed by atoms with E-state index in [1.54, 1.807) is 36.1 Å². The Morgan fingerprint density at radius 2 is 2.00 bits per heavy atom. The molecule has 0 atom stereocenters. The van der Waals surface area contributed by atoms with Crippen LogP contribution in [0.4, 0.5) is 10.2 Å². The Labute approximate surface area is 131 Å². The summed E-state index contributed by atoms with van der Waals surface area (Å²) in [4.78, 5) is 13.9. The number of nitrogens with one attached hydrogen (secondary N) is 1. The minimum atomic E-state index is -0.272. The molecule has 2 aromatic heterocycles. The Hall–Kier alpha value is -2.47. The monoisotopic (exact) mass is 315 g/mol. The van der Waals surface area contributed by atoms with Crippen molar-refractivity contribution in [1.82, 2.24) is 9.78 Å². The van der Waals surface area contributed by atoms with Crippen LogP contribution in [0.3, 0.4) is 0 Å². The van der Waals surface area contributed by atoms with Gasteiger partial charge in [-0.1, -0.05) is 12.1 Å². The number of benzene rings is 1. The van der Waals surface area contributed by atoms with Crippen LogP contribution >= 0.6 is 11.3 Å². The molecule has 0 aliphatic heterocycles. The van der Waals surface area contributed by atoms with Crippen LogP contribution in [0.15, 0.2) is 42.6 Å². The van der Waals surface area contributed by atoms with Crippen molar-refractivity contribution in [3.05, 3.63) is 58.2 Å². The number of hydrogen-bond donors (Lipinski definition) is 1. The number of carbonyl (C=O) groups is 1. The lowest BCUT2D eigenvalue weighted by molar-refractivity contribution is 0.102. The van der Waals surface area contributed by atoms with Gasteiger partial charge >= 0.3 is 0 Å². The van der Waals surface area contributed by atoms with Crippen LogP contribution in [0.25, 0.3) is 11.1 Å². The first kappa shape index (κ1) is 14.5. The van der Waals surface area contributed by atoms with E-state index in [2.05, 4.69) is 10.4 Å². The number of thiophene rings is 1. The molecule has 1 aromatic carbocycles. The number of anilines is 1. The standard InChI is InChI=1S/C16H14FN3OS/c1-10-13(11-3-5-12(17)6-4-11)9-14(22-10)16(21)19-15-7-8-18-20(15)2/h3-9H,1-2H3,(H,19,21). The van der Waals surface area contributed by atoms with Gasteiger partial charge in [-0.25, -0.2) is 4.39 Å². The molecular weight excluding hydrogens is 301 g/mol. The second-order valence-corrected chi connectivity index (χ2v) is 6.14. The van der Waals surface area contributed by atoms with Crippen LogP contribution < -0.4 is 5.32 Å². The predicted octanol–water partition coefficient (Wildman–Crippen LogP) is 3.85. The molecule has 1 N–H and O–H groups in total. The molecule has 112 valence electrons. The van der Waals surface area contributed by atoms with Crippen molar-refractivity contribution in [3.63, 3.8) is 0 Å². The summed E-state index contributed by atoms with van der Waals surface area (Å²) in [5.74, 6) is 0.190. The van der Waals surface area contributed by atoms with Gasteiger partial charge in [0.15, 0.2) is 0 Å². The number of rotatable bonds is 3. The summed E-state index contributed by atoms with van der Waals surface area (Å²) >= 11 is 1.41. The summed E-state index contributed by atoms with van der Waals surface area (Å²) in [6.45, 7) is 1.95. The number of carbonyl (C=O) groups excluding carboxylic acids is 1. The molecule has 0 aliphatic rings. The second kappa shape index (κ2) is 5.73. The summed E-state index contributed by atoms with van der Waals surface area (Å²) in [7, 11) is 1.76. The summed E-state index contributed by atoms with van der Waals surface area (Å²) in [5.41, 5.74) is 1.84. The van der Waals surface area contributed by atoms with Crippen molar-refractivity contribution < 1.29 is 9.18 Å². The van der Waals surface area contributed by atoms with E-state index >= 15 is 0 Å². The highest BCUT2D eigenvalue weighted by Crippen LogP contribution is 2.31. The van der Waals surface area contributed by atoms with Crippen LogP contribution in [0.1, 0.15) is 14.5 Å². The summed E-state index contributed by atoms with van der Waals surface area (Å²) in [5, 5.41) is 6.83. The van der Waals surface area contributed by atoms with E-state index in [4.69, 9.17) is 0 Å². The summed E-state index contributed by atoms with van der Waals surface area (Å²) in [6.07, 6.45) is 1.62. The van der Waals surface area contributed by atoms with E-state index in [9.17, 15) is 9.18 Å². The molecule has 0 radical (unpaired) electrons. The maximum absolute atomic E-state index is 13.0. The number of nitrogens with zero attached hydrogens (tertiary/aromatic N) is 2. The maximum Gasteiger partial charge on any atom is 0.266 e. The third-order valence-corrected chi connectivity index (χ3v) is 4.41. The van der Waals surface area contributed by atoms with Crippen molar-refractivity contribution in [1.29, 1.82) is 0 Å². The fraction of sp³-hybridized carbons (Fsp3) is 0.125. The fourth-order valence-electron chi connectivity index (χ4n) is 2.18. The molecule has 2 heterocycles.